The van der Waals surface area contributed by atoms with Crippen molar-refractivity contribution in [2.45, 2.75) is 39.2 Å². The molecule has 0 aromatic rings. The maximum absolute atomic E-state index is 11.4. The first-order valence-corrected chi connectivity index (χ1v) is 6.99. The molecule has 0 aliphatic carbocycles. The largest absolute Gasteiger partial charge is 0.461 e. The van der Waals surface area contributed by atoms with Crippen molar-refractivity contribution in [2.24, 2.45) is 0 Å². The van der Waals surface area contributed by atoms with Gasteiger partial charge in [0.1, 0.15) is 12.2 Å². The summed E-state index contributed by atoms with van der Waals surface area (Å²) in [6.07, 6.45) is 1.92. The molecule has 0 heterocycles. The molecule has 0 saturated carbocycles. The van der Waals surface area contributed by atoms with Crippen LogP contribution in [0.1, 0.15) is 33.6 Å². The van der Waals surface area contributed by atoms with Crippen LogP contribution in [0.2, 0.25) is 0 Å². The van der Waals surface area contributed by atoms with E-state index in [-0.39, 0.29) is 38.0 Å². The Hall–Kier alpha value is -1.40. The third-order valence-corrected chi connectivity index (χ3v) is 2.06. The summed E-state index contributed by atoms with van der Waals surface area (Å²) in [6, 6.07) is 0. The first-order valence-electron chi connectivity index (χ1n) is 6.99. The summed E-state index contributed by atoms with van der Waals surface area (Å²) in [5, 5.41) is 0. The minimum atomic E-state index is -0.472. The number of carbonyl (C=O) groups is 2. The molecule has 0 rings (SSSR count). The molecule has 0 bridgehead atoms. The lowest BCUT2D eigenvalue weighted by Gasteiger charge is -2.19. The van der Waals surface area contributed by atoms with Crippen LogP contribution in [0.3, 0.4) is 0 Å². The van der Waals surface area contributed by atoms with Crippen LogP contribution in [-0.4, -0.2) is 50.6 Å². The number of carbonyl (C=O) groups excluding carboxylic acids is 2. The Morgan fingerprint density at radius 3 is 1.95 bits per heavy atom. The van der Waals surface area contributed by atoms with Crippen LogP contribution >= 0.6 is 0 Å². The van der Waals surface area contributed by atoms with Crippen molar-refractivity contribution in [3.63, 3.8) is 0 Å². The van der Waals surface area contributed by atoms with E-state index in [2.05, 4.69) is 6.58 Å². The Bertz CT molecular complexity index is 319. The van der Waals surface area contributed by atoms with E-state index in [1.54, 1.807) is 0 Å². The second kappa shape index (κ2) is 11.3. The van der Waals surface area contributed by atoms with Crippen molar-refractivity contribution >= 4 is 11.9 Å². The number of ether oxygens (including phenoxy) is 4. The normalized spacial score (nSPS) is 11.0. The summed E-state index contributed by atoms with van der Waals surface area (Å²) in [6.45, 7) is 10.4. The van der Waals surface area contributed by atoms with Gasteiger partial charge in [-0.2, -0.15) is 0 Å². The Balaban J connectivity index is 3.35. The van der Waals surface area contributed by atoms with Gasteiger partial charge >= 0.3 is 11.9 Å². The van der Waals surface area contributed by atoms with Crippen molar-refractivity contribution in [1.29, 1.82) is 0 Å². The number of hydrogen-bond acceptors (Lipinski definition) is 6. The maximum Gasteiger partial charge on any atom is 0.308 e. The highest BCUT2D eigenvalue weighted by atomic mass is 16.6. The molecule has 0 aliphatic heterocycles. The molecule has 0 amide bonds. The lowest BCUT2D eigenvalue weighted by molar-refractivity contribution is -0.156. The predicted molar refractivity (Wildman–Crippen MR) is 77.9 cm³/mol. The summed E-state index contributed by atoms with van der Waals surface area (Å²) >= 11 is 0. The Kier molecular flexibility index (Phi) is 10.5. The van der Waals surface area contributed by atoms with Gasteiger partial charge in [-0.3, -0.25) is 9.59 Å². The van der Waals surface area contributed by atoms with Gasteiger partial charge < -0.3 is 18.9 Å². The second-order valence-corrected chi connectivity index (χ2v) is 5.28. The average molecular weight is 302 g/mol. The molecular formula is C15H26O6. The van der Waals surface area contributed by atoms with Crippen molar-refractivity contribution in [3.05, 3.63) is 12.7 Å². The van der Waals surface area contributed by atoms with Crippen molar-refractivity contribution in [2.75, 3.05) is 33.0 Å². The van der Waals surface area contributed by atoms with Gasteiger partial charge in [-0.25, -0.2) is 0 Å². The number of rotatable bonds is 11. The van der Waals surface area contributed by atoms with Gasteiger partial charge in [0.2, 0.25) is 0 Å². The Labute approximate surface area is 126 Å². The topological polar surface area (TPSA) is 71.1 Å². The summed E-state index contributed by atoms with van der Waals surface area (Å²) in [5.74, 6) is -0.603. The minimum Gasteiger partial charge on any atom is -0.461 e. The first-order chi connectivity index (χ1) is 9.85. The minimum absolute atomic E-state index is 0.200. The van der Waals surface area contributed by atoms with Crippen LogP contribution < -0.4 is 0 Å². The molecule has 0 fully saturated rings. The van der Waals surface area contributed by atoms with E-state index >= 15 is 0 Å². The number of hydrogen-bond donors (Lipinski definition) is 0. The molecule has 0 aliphatic rings. The zero-order valence-corrected chi connectivity index (χ0v) is 13.2. The molecular weight excluding hydrogens is 276 g/mol. The van der Waals surface area contributed by atoms with Gasteiger partial charge in [0.05, 0.1) is 39.3 Å². The van der Waals surface area contributed by atoms with Crippen molar-refractivity contribution in [3.8, 4) is 0 Å². The highest BCUT2D eigenvalue weighted by Crippen LogP contribution is 2.07. The van der Waals surface area contributed by atoms with E-state index in [4.69, 9.17) is 18.9 Å². The summed E-state index contributed by atoms with van der Waals surface area (Å²) in [7, 11) is 0. The molecule has 122 valence electrons. The molecule has 21 heavy (non-hydrogen) atoms. The maximum atomic E-state index is 11.4. The van der Waals surface area contributed by atoms with Crippen molar-refractivity contribution < 1.29 is 28.5 Å². The standard InChI is InChI=1S/C15H26O6/c1-5-8-20-13(16)6-9-18-11-12-19-10-7-14(17)21-15(2,3)4/h5H,1,6-12H2,2-4H3. The fourth-order valence-electron chi connectivity index (χ4n) is 1.25. The summed E-state index contributed by atoms with van der Waals surface area (Å²) in [5.41, 5.74) is -0.472. The smallest absolute Gasteiger partial charge is 0.308 e. The van der Waals surface area contributed by atoms with Gasteiger partial charge in [0, 0.05) is 0 Å². The quantitative estimate of drug-likeness (QED) is 0.330. The second-order valence-electron chi connectivity index (χ2n) is 5.28. The van der Waals surface area contributed by atoms with Gasteiger partial charge in [-0.05, 0) is 20.8 Å². The van der Waals surface area contributed by atoms with E-state index in [1.165, 1.54) is 6.08 Å². The van der Waals surface area contributed by atoms with Crippen LogP contribution in [0.25, 0.3) is 0 Å². The molecule has 0 spiro atoms. The zero-order chi connectivity index (χ0) is 16.1. The zero-order valence-electron chi connectivity index (χ0n) is 13.2. The molecule has 0 N–H and O–H groups in total. The van der Waals surface area contributed by atoms with Gasteiger partial charge in [-0.1, -0.05) is 12.7 Å². The first kappa shape index (κ1) is 19.6. The van der Waals surface area contributed by atoms with E-state index in [9.17, 15) is 9.59 Å². The van der Waals surface area contributed by atoms with Gasteiger partial charge in [0.15, 0.2) is 0 Å². The third kappa shape index (κ3) is 14.8. The number of esters is 2. The van der Waals surface area contributed by atoms with E-state index in [0.717, 1.165) is 0 Å². The molecule has 0 radical (unpaired) electrons. The van der Waals surface area contributed by atoms with Crippen LogP contribution in [0.5, 0.6) is 0 Å². The molecule has 6 heteroatoms. The van der Waals surface area contributed by atoms with Crippen LogP contribution in [0.15, 0.2) is 12.7 Å². The van der Waals surface area contributed by atoms with E-state index in [1.807, 2.05) is 20.8 Å². The fraction of sp³-hybridized carbons (Fsp3) is 0.733. The Morgan fingerprint density at radius 1 is 0.952 bits per heavy atom. The summed E-state index contributed by atoms with van der Waals surface area (Å²) in [4.78, 5) is 22.5. The molecule has 0 saturated heterocycles. The monoisotopic (exact) mass is 302 g/mol. The lowest BCUT2D eigenvalue weighted by atomic mass is 10.2. The molecule has 0 atom stereocenters. The van der Waals surface area contributed by atoms with Gasteiger partial charge in [0.25, 0.3) is 0 Å². The van der Waals surface area contributed by atoms with Gasteiger partial charge in [-0.15, -0.1) is 0 Å². The predicted octanol–water partition coefficient (Wildman–Crippen LogP) is 1.87. The van der Waals surface area contributed by atoms with Crippen LogP contribution in [-0.2, 0) is 28.5 Å². The molecule has 0 unspecified atom stereocenters. The highest BCUT2D eigenvalue weighted by Gasteiger charge is 2.15. The van der Waals surface area contributed by atoms with Crippen LogP contribution in [0.4, 0.5) is 0 Å². The molecule has 0 aromatic carbocycles. The third-order valence-electron chi connectivity index (χ3n) is 2.06. The highest BCUT2D eigenvalue weighted by molar-refractivity contribution is 5.70. The van der Waals surface area contributed by atoms with Crippen molar-refractivity contribution in [1.82, 2.24) is 0 Å². The lowest BCUT2D eigenvalue weighted by Crippen LogP contribution is -2.24. The summed E-state index contributed by atoms with van der Waals surface area (Å²) < 4.78 is 20.4. The Morgan fingerprint density at radius 2 is 1.48 bits per heavy atom. The molecule has 0 aromatic heterocycles. The average Bonchev–Trinajstić information content (AvgIpc) is 2.37. The van der Waals surface area contributed by atoms with Crippen LogP contribution in [0, 0.1) is 0 Å². The SMILES string of the molecule is C=CCOC(=O)CCOCCOCCC(=O)OC(C)(C)C. The molecule has 6 nitrogen and oxygen atoms in total. The van der Waals surface area contributed by atoms with E-state index < -0.39 is 5.60 Å². The van der Waals surface area contributed by atoms with E-state index in [0.29, 0.717) is 19.8 Å². The fourth-order valence-corrected chi connectivity index (χ4v) is 1.25.